The van der Waals surface area contributed by atoms with Gasteiger partial charge in [0.05, 0.1) is 0 Å². The topological polar surface area (TPSA) is 4.93 Å². The molecule has 3 aromatic rings. The van der Waals surface area contributed by atoms with Crippen LogP contribution in [0.5, 0.6) is 0 Å². The zero-order chi connectivity index (χ0) is 12.5. The molecule has 2 aromatic carbocycles. The Kier molecular flexibility index (Phi) is 2.85. The lowest BCUT2D eigenvalue weighted by Gasteiger charge is -2.08. The molecule has 3 rings (SSSR count). The van der Waals surface area contributed by atoms with E-state index >= 15 is 0 Å². The summed E-state index contributed by atoms with van der Waals surface area (Å²) in [6.45, 7) is 2.87. The van der Waals surface area contributed by atoms with Crippen molar-refractivity contribution in [1.82, 2.24) is 4.57 Å². The lowest BCUT2D eigenvalue weighted by molar-refractivity contribution is 0.837. The Morgan fingerprint density at radius 1 is 1.06 bits per heavy atom. The lowest BCUT2D eigenvalue weighted by Crippen LogP contribution is -1.98. The van der Waals surface area contributed by atoms with Crippen LogP contribution in [-0.4, -0.2) is 4.57 Å². The molecule has 0 aliphatic rings. The third kappa shape index (κ3) is 2.02. The van der Waals surface area contributed by atoms with Crippen LogP contribution in [0.4, 0.5) is 0 Å². The Bertz CT molecular complexity index is 697. The summed E-state index contributed by atoms with van der Waals surface area (Å²) < 4.78 is 2.23. The second-order valence-electron chi connectivity index (χ2n) is 4.60. The predicted molar refractivity (Wildman–Crippen MR) is 77.2 cm³/mol. The first-order valence-electron chi connectivity index (χ1n) is 6.03. The molecule has 0 bridgehead atoms. The van der Waals surface area contributed by atoms with Crippen molar-refractivity contribution in [3.63, 3.8) is 0 Å². The molecule has 1 heterocycles. The Balaban J connectivity index is 2.01. The molecule has 0 spiro atoms. The summed E-state index contributed by atoms with van der Waals surface area (Å²) in [5.41, 5.74) is 3.60. The van der Waals surface area contributed by atoms with Gasteiger partial charge in [-0.25, -0.2) is 0 Å². The van der Waals surface area contributed by atoms with Crippen LogP contribution in [0.15, 0.2) is 54.7 Å². The van der Waals surface area contributed by atoms with Crippen LogP contribution >= 0.6 is 11.6 Å². The number of rotatable bonds is 2. The highest BCUT2D eigenvalue weighted by Gasteiger charge is 2.04. The van der Waals surface area contributed by atoms with E-state index < -0.39 is 0 Å². The van der Waals surface area contributed by atoms with Crippen molar-refractivity contribution in [3.8, 4) is 0 Å². The molecule has 0 aliphatic carbocycles. The number of halogens is 1. The van der Waals surface area contributed by atoms with E-state index in [0.29, 0.717) is 0 Å². The maximum Gasteiger partial charge on any atom is 0.0490 e. The van der Waals surface area contributed by atoms with Gasteiger partial charge in [-0.15, -0.1) is 0 Å². The highest BCUT2D eigenvalue weighted by molar-refractivity contribution is 6.31. The quantitative estimate of drug-likeness (QED) is 0.628. The van der Waals surface area contributed by atoms with Crippen LogP contribution in [-0.2, 0) is 6.54 Å². The summed E-state index contributed by atoms with van der Waals surface area (Å²) in [6.07, 6.45) is 2.11. The number of fused-ring (bicyclic) bond motifs is 1. The van der Waals surface area contributed by atoms with Crippen LogP contribution in [0, 0.1) is 6.92 Å². The number of aromatic nitrogens is 1. The SMILES string of the molecule is Cc1ccc(Cn2ccc3ccccc32)c(Cl)c1. The summed E-state index contributed by atoms with van der Waals surface area (Å²) in [5.74, 6) is 0. The molecule has 1 nitrogen and oxygen atoms in total. The number of benzene rings is 2. The van der Waals surface area contributed by atoms with Gasteiger partial charge in [-0.3, -0.25) is 0 Å². The van der Waals surface area contributed by atoms with Gasteiger partial charge in [0.15, 0.2) is 0 Å². The summed E-state index contributed by atoms with van der Waals surface area (Å²) in [6, 6.07) is 16.8. The fourth-order valence-corrected chi connectivity index (χ4v) is 2.54. The van der Waals surface area contributed by atoms with E-state index in [9.17, 15) is 0 Å². The molecule has 0 N–H and O–H groups in total. The van der Waals surface area contributed by atoms with E-state index in [1.807, 2.05) is 6.07 Å². The second kappa shape index (κ2) is 4.51. The highest BCUT2D eigenvalue weighted by Crippen LogP contribution is 2.21. The second-order valence-corrected chi connectivity index (χ2v) is 5.00. The minimum atomic E-state index is 0.812. The van der Waals surface area contributed by atoms with Crippen molar-refractivity contribution in [2.45, 2.75) is 13.5 Å². The molecule has 0 saturated heterocycles. The van der Waals surface area contributed by atoms with Crippen LogP contribution in [0.25, 0.3) is 10.9 Å². The third-order valence-corrected chi connectivity index (χ3v) is 3.58. The maximum atomic E-state index is 6.28. The van der Waals surface area contributed by atoms with Crippen LogP contribution < -0.4 is 0 Å². The number of hydrogen-bond acceptors (Lipinski definition) is 0. The van der Waals surface area contributed by atoms with Gasteiger partial charge in [0, 0.05) is 23.3 Å². The van der Waals surface area contributed by atoms with Gasteiger partial charge in [-0.1, -0.05) is 41.9 Å². The van der Waals surface area contributed by atoms with Crippen molar-refractivity contribution in [3.05, 3.63) is 70.9 Å². The van der Waals surface area contributed by atoms with E-state index in [-0.39, 0.29) is 0 Å². The molecular weight excluding hydrogens is 242 g/mol. The number of para-hydroxylation sites is 1. The molecule has 90 valence electrons. The van der Waals surface area contributed by atoms with Crippen molar-refractivity contribution in [2.24, 2.45) is 0 Å². The molecular formula is C16H14ClN. The predicted octanol–water partition coefficient (Wildman–Crippen LogP) is 4.65. The summed E-state index contributed by atoms with van der Waals surface area (Å²) in [4.78, 5) is 0. The van der Waals surface area contributed by atoms with Crippen molar-refractivity contribution >= 4 is 22.5 Å². The van der Waals surface area contributed by atoms with E-state index in [0.717, 1.165) is 17.1 Å². The van der Waals surface area contributed by atoms with E-state index in [4.69, 9.17) is 11.6 Å². The van der Waals surface area contributed by atoms with Crippen molar-refractivity contribution in [1.29, 1.82) is 0 Å². The van der Waals surface area contributed by atoms with Crippen molar-refractivity contribution < 1.29 is 0 Å². The molecule has 0 atom stereocenters. The first-order chi connectivity index (χ1) is 8.74. The molecule has 0 unspecified atom stereocenters. The average molecular weight is 256 g/mol. The Morgan fingerprint density at radius 3 is 2.72 bits per heavy atom. The molecule has 2 heteroatoms. The van der Waals surface area contributed by atoms with Gasteiger partial charge in [0.25, 0.3) is 0 Å². The Hall–Kier alpha value is -1.73. The van der Waals surface area contributed by atoms with E-state index in [2.05, 4.69) is 60.2 Å². The van der Waals surface area contributed by atoms with Gasteiger partial charge in [-0.2, -0.15) is 0 Å². The third-order valence-electron chi connectivity index (χ3n) is 3.23. The van der Waals surface area contributed by atoms with Gasteiger partial charge in [0.1, 0.15) is 0 Å². The molecule has 0 fully saturated rings. The smallest absolute Gasteiger partial charge is 0.0490 e. The fraction of sp³-hybridized carbons (Fsp3) is 0.125. The summed E-state index contributed by atoms with van der Waals surface area (Å²) in [5, 5.41) is 2.11. The zero-order valence-corrected chi connectivity index (χ0v) is 11.0. The standard InChI is InChI=1S/C16H14ClN/c1-12-6-7-14(15(17)10-12)11-18-9-8-13-4-2-3-5-16(13)18/h2-10H,11H2,1H3. The van der Waals surface area contributed by atoms with Gasteiger partial charge < -0.3 is 4.57 Å². The lowest BCUT2D eigenvalue weighted by atomic mass is 10.1. The van der Waals surface area contributed by atoms with Crippen LogP contribution in [0.3, 0.4) is 0 Å². The summed E-state index contributed by atoms with van der Waals surface area (Å²) >= 11 is 6.28. The largest absolute Gasteiger partial charge is 0.343 e. The Labute approximate surface area is 112 Å². The van der Waals surface area contributed by atoms with Crippen molar-refractivity contribution in [2.75, 3.05) is 0 Å². The molecule has 0 aliphatic heterocycles. The molecule has 0 saturated carbocycles. The minimum Gasteiger partial charge on any atom is -0.343 e. The number of hydrogen-bond donors (Lipinski definition) is 0. The normalized spacial score (nSPS) is 11.0. The first-order valence-corrected chi connectivity index (χ1v) is 6.41. The van der Waals surface area contributed by atoms with E-state index in [1.165, 1.54) is 16.5 Å². The zero-order valence-electron chi connectivity index (χ0n) is 10.2. The molecule has 1 aromatic heterocycles. The molecule has 0 radical (unpaired) electrons. The first kappa shape index (κ1) is 11.4. The average Bonchev–Trinajstić information content (AvgIpc) is 2.76. The highest BCUT2D eigenvalue weighted by atomic mass is 35.5. The van der Waals surface area contributed by atoms with Gasteiger partial charge >= 0.3 is 0 Å². The van der Waals surface area contributed by atoms with Gasteiger partial charge in [0.2, 0.25) is 0 Å². The fourth-order valence-electron chi connectivity index (χ4n) is 2.24. The van der Waals surface area contributed by atoms with E-state index in [1.54, 1.807) is 0 Å². The van der Waals surface area contributed by atoms with Crippen LogP contribution in [0.1, 0.15) is 11.1 Å². The minimum absolute atomic E-state index is 0.812. The molecule has 18 heavy (non-hydrogen) atoms. The van der Waals surface area contributed by atoms with Crippen LogP contribution in [0.2, 0.25) is 5.02 Å². The monoisotopic (exact) mass is 255 g/mol. The molecule has 0 amide bonds. The van der Waals surface area contributed by atoms with Gasteiger partial charge in [-0.05, 0) is 41.6 Å². The summed E-state index contributed by atoms with van der Waals surface area (Å²) in [7, 11) is 0. The number of nitrogens with zero attached hydrogens (tertiary/aromatic N) is 1. The maximum absolute atomic E-state index is 6.28. The Morgan fingerprint density at radius 2 is 1.89 bits per heavy atom. The number of aryl methyl sites for hydroxylation is 1.